The first kappa shape index (κ1) is 18.8. The number of benzene rings is 2. The predicted octanol–water partition coefficient (Wildman–Crippen LogP) is 5.37. The second-order valence-electron chi connectivity index (χ2n) is 6.63. The van der Waals surface area contributed by atoms with E-state index in [2.05, 4.69) is 33.9 Å². The minimum atomic E-state index is -0.251. The molecule has 2 aromatic carbocycles. The van der Waals surface area contributed by atoms with Crippen LogP contribution in [0.2, 0.25) is 10.0 Å². The van der Waals surface area contributed by atoms with Crippen molar-refractivity contribution in [1.82, 2.24) is 14.6 Å². The van der Waals surface area contributed by atoms with Gasteiger partial charge in [0, 0.05) is 17.5 Å². The van der Waals surface area contributed by atoms with Crippen LogP contribution < -0.4 is 11.0 Å². The van der Waals surface area contributed by atoms with E-state index in [9.17, 15) is 4.79 Å². The van der Waals surface area contributed by atoms with Crippen molar-refractivity contribution in [2.24, 2.45) is 0 Å². The second kappa shape index (κ2) is 7.49. The van der Waals surface area contributed by atoms with Gasteiger partial charge in [-0.3, -0.25) is 9.47 Å². The fourth-order valence-corrected chi connectivity index (χ4v) is 3.87. The maximum Gasteiger partial charge on any atom is 0.275 e. The zero-order valence-electron chi connectivity index (χ0n) is 15.6. The first-order valence-electron chi connectivity index (χ1n) is 9.30. The molecule has 144 valence electrons. The Hall–Kier alpha value is -2.50. The van der Waals surface area contributed by atoms with E-state index >= 15 is 0 Å². The van der Waals surface area contributed by atoms with Gasteiger partial charge in [0.15, 0.2) is 0 Å². The third-order valence-electron chi connectivity index (χ3n) is 4.80. The van der Waals surface area contributed by atoms with E-state index in [1.54, 1.807) is 12.1 Å². The highest BCUT2D eigenvalue weighted by Gasteiger charge is 2.21. The highest BCUT2D eigenvalue weighted by atomic mass is 35.5. The number of aromatic amines is 1. The van der Waals surface area contributed by atoms with Gasteiger partial charge in [0.1, 0.15) is 5.69 Å². The van der Waals surface area contributed by atoms with Crippen molar-refractivity contribution in [2.75, 3.05) is 12.0 Å². The van der Waals surface area contributed by atoms with E-state index in [0.29, 0.717) is 26.8 Å². The highest BCUT2D eigenvalue weighted by molar-refractivity contribution is 6.42. The minimum absolute atomic E-state index is 0.251. The molecule has 28 heavy (non-hydrogen) atoms. The average Bonchev–Trinajstić information content (AvgIpc) is 3.00. The maximum atomic E-state index is 12.9. The van der Waals surface area contributed by atoms with Crippen molar-refractivity contribution in [2.45, 2.75) is 26.7 Å². The van der Waals surface area contributed by atoms with Crippen molar-refractivity contribution >= 4 is 45.1 Å². The summed E-state index contributed by atoms with van der Waals surface area (Å²) in [4.78, 5) is 20.5. The van der Waals surface area contributed by atoms with Crippen molar-refractivity contribution in [3.05, 3.63) is 62.5 Å². The summed E-state index contributed by atoms with van der Waals surface area (Å²) >= 11 is 12.2. The molecule has 2 heterocycles. The fourth-order valence-electron chi connectivity index (χ4n) is 3.55. The molecule has 4 rings (SSSR count). The third kappa shape index (κ3) is 3.05. The van der Waals surface area contributed by atoms with E-state index in [1.807, 2.05) is 24.3 Å². The molecule has 4 aromatic rings. The van der Waals surface area contributed by atoms with Crippen LogP contribution in [0.5, 0.6) is 0 Å². The van der Waals surface area contributed by atoms with E-state index in [-0.39, 0.29) is 5.56 Å². The number of aromatic nitrogens is 3. The summed E-state index contributed by atoms with van der Waals surface area (Å²) in [5.74, 6) is 0. The number of para-hydroxylation sites is 1. The average molecular weight is 415 g/mol. The molecule has 0 unspecified atom stereocenters. The van der Waals surface area contributed by atoms with Gasteiger partial charge in [-0.25, -0.2) is 4.98 Å². The molecular weight excluding hydrogens is 395 g/mol. The molecule has 0 fully saturated rings. The molecule has 0 atom stereocenters. The summed E-state index contributed by atoms with van der Waals surface area (Å²) in [6, 6.07) is 11.3. The zero-order valence-corrected chi connectivity index (χ0v) is 17.2. The summed E-state index contributed by atoms with van der Waals surface area (Å²) < 4.78 is 2.08. The number of halogens is 2. The van der Waals surface area contributed by atoms with Gasteiger partial charge in [0.2, 0.25) is 0 Å². The molecule has 0 saturated carbocycles. The normalized spacial score (nSPS) is 11.4. The number of rotatable bonds is 5. The predicted molar refractivity (Wildman–Crippen MR) is 117 cm³/mol. The Morgan fingerprint density at radius 1 is 1.14 bits per heavy atom. The lowest BCUT2D eigenvalue weighted by molar-refractivity contribution is 0.791. The molecule has 0 saturated heterocycles. The van der Waals surface area contributed by atoms with Crippen LogP contribution >= 0.6 is 23.2 Å². The highest BCUT2D eigenvalue weighted by Crippen LogP contribution is 2.33. The first-order chi connectivity index (χ1) is 13.5. The van der Waals surface area contributed by atoms with Gasteiger partial charge in [-0.1, -0.05) is 55.2 Å². The molecule has 2 aromatic heterocycles. The van der Waals surface area contributed by atoms with Crippen LogP contribution in [0.1, 0.15) is 26.0 Å². The van der Waals surface area contributed by atoms with E-state index in [0.717, 1.165) is 41.5 Å². The van der Waals surface area contributed by atoms with Crippen molar-refractivity contribution < 1.29 is 0 Å². The molecule has 0 spiro atoms. The Morgan fingerprint density at radius 3 is 2.64 bits per heavy atom. The van der Waals surface area contributed by atoms with Gasteiger partial charge in [0.05, 0.1) is 32.3 Å². The zero-order chi connectivity index (χ0) is 19.8. The molecule has 0 aliphatic rings. The fraction of sp³-hybridized carbons (Fsp3) is 0.238. The summed E-state index contributed by atoms with van der Waals surface area (Å²) in [6.07, 6.45) is 1.75. The van der Waals surface area contributed by atoms with Crippen LogP contribution in [-0.4, -0.2) is 21.2 Å². The van der Waals surface area contributed by atoms with E-state index in [1.165, 1.54) is 0 Å². The summed E-state index contributed by atoms with van der Waals surface area (Å²) in [6.45, 7) is 5.03. The quantitative estimate of drug-likeness (QED) is 0.461. The largest absolute Gasteiger partial charge is 0.326 e. The molecule has 5 nitrogen and oxygen atoms in total. The standard InChI is InChI=1S/C21H20Cl2N4O/c1-3-9-24-27-17(4-2)19(12-7-5-6-8-18(12)27)20-21(28)26-16-11-14(23)13(22)10-15(16)25-20/h5-8,10-11,24H,3-4,9H2,1-2H3,(H,26,28). The lowest BCUT2D eigenvalue weighted by Crippen LogP contribution is -2.18. The third-order valence-corrected chi connectivity index (χ3v) is 5.52. The molecule has 2 N–H and O–H groups in total. The lowest BCUT2D eigenvalue weighted by Gasteiger charge is -2.12. The molecular formula is C21H20Cl2N4O. The molecule has 0 bridgehead atoms. The van der Waals surface area contributed by atoms with Crippen molar-refractivity contribution in [3.63, 3.8) is 0 Å². The summed E-state index contributed by atoms with van der Waals surface area (Å²) in [5.41, 5.74) is 7.65. The van der Waals surface area contributed by atoms with Crippen molar-refractivity contribution in [1.29, 1.82) is 0 Å². The number of fused-ring (bicyclic) bond motifs is 2. The summed E-state index contributed by atoms with van der Waals surface area (Å²) in [7, 11) is 0. The van der Waals surface area contributed by atoms with Crippen LogP contribution in [0.15, 0.2) is 41.2 Å². The van der Waals surface area contributed by atoms with Gasteiger partial charge >= 0.3 is 0 Å². The van der Waals surface area contributed by atoms with Crippen LogP contribution in [0.4, 0.5) is 0 Å². The number of hydrogen-bond acceptors (Lipinski definition) is 3. The second-order valence-corrected chi connectivity index (χ2v) is 7.45. The Morgan fingerprint density at radius 2 is 1.89 bits per heavy atom. The molecule has 7 heteroatoms. The number of hydrogen-bond donors (Lipinski definition) is 2. The van der Waals surface area contributed by atoms with Gasteiger partial charge in [-0.05, 0) is 31.0 Å². The van der Waals surface area contributed by atoms with Crippen LogP contribution in [0.3, 0.4) is 0 Å². The van der Waals surface area contributed by atoms with Gasteiger partial charge in [-0.15, -0.1) is 0 Å². The lowest BCUT2D eigenvalue weighted by atomic mass is 10.1. The van der Waals surface area contributed by atoms with Gasteiger partial charge in [-0.2, -0.15) is 0 Å². The molecule has 0 aliphatic carbocycles. The van der Waals surface area contributed by atoms with Crippen LogP contribution in [0, 0.1) is 0 Å². The van der Waals surface area contributed by atoms with Crippen molar-refractivity contribution in [3.8, 4) is 11.3 Å². The van der Waals surface area contributed by atoms with Gasteiger partial charge in [0.25, 0.3) is 5.56 Å². The smallest absolute Gasteiger partial charge is 0.275 e. The minimum Gasteiger partial charge on any atom is -0.326 e. The molecule has 0 radical (unpaired) electrons. The van der Waals surface area contributed by atoms with Gasteiger partial charge < -0.3 is 10.4 Å². The number of nitrogens with zero attached hydrogens (tertiary/aromatic N) is 2. The van der Waals surface area contributed by atoms with Crippen LogP contribution in [-0.2, 0) is 6.42 Å². The number of nitrogens with one attached hydrogen (secondary N) is 2. The summed E-state index contributed by atoms with van der Waals surface area (Å²) in [5, 5.41) is 1.77. The maximum absolute atomic E-state index is 12.9. The Bertz CT molecular complexity index is 1240. The Kier molecular flexibility index (Phi) is 5.04. The monoisotopic (exact) mass is 414 g/mol. The Balaban J connectivity index is 2.05. The molecule has 0 amide bonds. The number of H-pyrrole nitrogens is 1. The Labute approximate surface area is 172 Å². The van der Waals surface area contributed by atoms with E-state index < -0.39 is 0 Å². The molecule has 0 aliphatic heterocycles. The van der Waals surface area contributed by atoms with E-state index in [4.69, 9.17) is 23.2 Å². The first-order valence-corrected chi connectivity index (χ1v) is 10.1. The van der Waals surface area contributed by atoms with Crippen LogP contribution in [0.25, 0.3) is 33.2 Å². The topological polar surface area (TPSA) is 62.7 Å². The SMILES string of the molecule is CCCNn1c(CC)c(-c2nc3cc(Cl)c(Cl)cc3[nH]c2=O)c2ccccc21.